The minimum absolute atomic E-state index is 0.00671. The molecule has 23 heavy (non-hydrogen) atoms. The number of carbonyl (C=O) groups is 1. The summed E-state index contributed by atoms with van der Waals surface area (Å²) < 4.78 is 5.35. The zero-order valence-electron chi connectivity index (χ0n) is 13.6. The van der Waals surface area contributed by atoms with Crippen molar-refractivity contribution in [2.45, 2.75) is 45.6 Å². The van der Waals surface area contributed by atoms with Gasteiger partial charge in [-0.2, -0.15) is 0 Å². The number of aryl methyl sites for hydroxylation is 1. The second-order valence-corrected chi connectivity index (χ2v) is 6.03. The van der Waals surface area contributed by atoms with Gasteiger partial charge in [-0.3, -0.25) is 4.79 Å². The summed E-state index contributed by atoms with van der Waals surface area (Å²) >= 11 is 0. The first-order valence-electron chi connectivity index (χ1n) is 8.16. The van der Waals surface area contributed by atoms with Crippen molar-refractivity contribution in [3.05, 3.63) is 33.6 Å². The normalized spacial score (nSPS) is 15.5. The van der Waals surface area contributed by atoms with Gasteiger partial charge in [0.05, 0.1) is 5.56 Å². The van der Waals surface area contributed by atoms with Gasteiger partial charge in [-0.15, -0.1) is 0 Å². The van der Waals surface area contributed by atoms with Crippen LogP contribution >= 0.6 is 0 Å². The summed E-state index contributed by atoms with van der Waals surface area (Å²) in [7, 11) is 0. The highest BCUT2D eigenvalue weighted by Crippen LogP contribution is 2.25. The number of carbonyl (C=O) groups excluding carboxylic acids is 1. The van der Waals surface area contributed by atoms with E-state index in [1.165, 1.54) is 0 Å². The summed E-state index contributed by atoms with van der Waals surface area (Å²) in [6.07, 6.45) is 5.15. The second kappa shape index (κ2) is 8.60. The molecule has 0 unspecified atom stereocenters. The average molecular weight is 320 g/mol. The Morgan fingerprint density at radius 1 is 1.48 bits per heavy atom. The Balaban J connectivity index is 1.78. The molecule has 2 rings (SSSR count). The summed E-state index contributed by atoms with van der Waals surface area (Å²) in [5.74, 6) is 1.64. The molecule has 7 heteroatoms. The molecule has 126 valence electrons. The fourth-order valence-electron chi connectivity index (χ4n) is 3.09. The fraction of sp³-hybridized carbons (Fsp3) is 0.688. The Labute approximate surface area is 135 Å². The Kier molecular flexibility index (Phi) is 6.50. The van der Waals surface area contributed by atoms with E-state index in [0.717, 1.165) is 45.2 Å². The van der Waals surface area contributed by atoms with E-state index in [0.29, 0.717) is 29.5 Å². The Morgan fingerprint density at radius 3 is 2.83 bits per heavy atom. The number of furan rings is 1. The van der Waals surface area contributed by atoms with Gasteiger partial charge in [-0.05, 0) is 43.7 Å². The smallest absolute Gasteiger partial charge is 0.257 e. The van der Waals surface area contributed by atoms with Gasteiger partial charge in [0.2, 0.25) is 0 Å². The molecule has 1 aliphatic heterocycles. The lowest BCUT2D eigenvalue weighted by molar-refractivity contribution is 0.0684. The van der Waals surface area contributed by atoms with Crippen molar-refractivity contribution in [1.82, 2.24) is 4.90 Å². The number of hydrogen-bond donors (Lipinski definition) is 1. The summed E-state index contributed by atoms with van der Waals surface area (Å²) in [6.45, 7) is 3.66. The molecule has 0 spiro atoms. The fourth-order valence-corrected chi connectivity index (χ4v) is 3.09. The van der Waals surface area contributed by atoms with E-state index in [9.17, 15) is 4.79 Å². The first kappa shape index (κ1) is 17.4. The molecule has 1 N–H and O–H groups in total. The average Bonchev–Trinajstić information content (AvgIpc) is 2.95. The SMILES string of the molecule is Cc1oc(CO)cc1C(=O)N1CCC(CCCCN=[N+]=[N-])CC1. The molecule has 7 nitrogen and oxygen atoms in total. The third kappa shape index (κ3) is 4.74. The number of amides is 1. The molecule has 0 atom stereocenters. The van der Waals surface area contributed by atoms with Gasteiger partial charge in [-0.25, -0.2) is 0 Å². The molecule has 0 aliphatic carbocycles. The van der Waals surface area contributed by atoms with E-state index in [1.807, 2.05) is 4.90 Å². The Bertz CT molecular complexity index is 570. The molecule has 1 aromatic heterocycles. The molecule has 0 radical (unpaired) electrons. The van der Waals surface area contributed by atoms with Crippen LogP contribution in [0.2, 0.25) is 0 Å². The number of likely N-dealkylation sites (tertiary alicyclic amines) is 1. The molecular weight excluding hydrogens is 296 g/mol. The van der Waals surface area contributed by atoms with Gasteiger partial charge in [0.15, 0.2) is 0 Å². The van der Waals surface area contributed by atoms with Crippen LogP contribution in [0.25, 0.3) is 10.4 Å². The number of nitrogens with zero attached hydrogens (tertiary/aromatic N) is 4. The topological polar surface area (TPSA) is 102 Å². The maximum absolute atomic E-state index is 12.5. The maximum atomic E-state index is 12.5. The van der Waals surface area contributed by atoms with Crippen molar-refractivity contribution in [3.8, 4) is 0 Å². The quantitative estimate of drug-likeness (QED) is 0.360. The molecule has 0 aromatic carbocycles. The molecular formula is C16H24N4O3. The molecule has 1 aliphatic rings. The molecule has 2 heterocycles. The van der Waals surface area contributed by atoms with Crippen molar-refractivity contribution in [2.24, 2.45) is 11.0 Å². The van der Waals surface area contributed by atoms with Crippen LogP contribution in [0.5, 0.6) is 0 Å². The van der Waals surface area contributed by atoms with E-state index in [-0.39, 0.29) is 12.5 Å². The van der Waals surface area contributed by atoms with Crippen LogP contribution in [-0.4, -0.2) is 35.5 Å². The predicted molar refractivity (Wildman–Crippen MR) is 85.9 cm³/mol. The van der Waals surface area contributed by atoms with Crippen LogP contribution in [0.1, 0.15) is 54.0 Å². The lowest BCUT2D eigenvalue weighted by atomic mass is 9.91. The number of aliphatic hydroxyl groups is 1. The van der Waals surface area contributed by atoms with Crippen molar-refractivity contribution < 1.29 is 14.3 Å². The number of rotatable bonds is 7. The standard InChI is InChI=1S/C16H24N4O3/c1-12-15(10-14(11-21)23-12)16(22)20-8-5-13(6-9-20)4-2-3-7-18-19-17/h10,13,21H,2-9,11H2,1H3. The molecule has 1 fully saturated rings. The molecule has 0 bridgehead atoms. The molecule has 1 aromatic rings. The third-order valence-corrected chi connectivity index (χ3v) is 4.44. The highest BCUT2D eigenvalue weighted by Gasteiger charge is 2.25. The van der Waals surface area contributed by atoms with Gasteiger partial charge in [0.1, 0.15) is 18.1 Å². The van der Waals surface area contributed by atoms with Crippen molar-refractivity contribution in [2.75, 3.05) is 19.6 Å². The second-order valence-electron chi connectivity index (χ2n) is 6.03. The summed E-state index contributed by atoms with van der Waals surface area (Å²) in [5.41, 5.74) is 8.78. The predicted octanol–water partition coefficient (Wildman–Crippen LogP) is 3.41. The largest absolute Gasteiger partial charge is 0.463 e. The zero-order chi connectivity index (χ0) is 16.7. The van der Waals surface area contributed by atoms with Gasteiger partial charge < -0.3 is 14.4 Å². The van der Waals surface area contributed by atoms with Crippen LogP contribution in [0.15, 0.2) is 15.6 Å². The number of unbranched alkanes of at least 4 members (excludes halogenated alkanes) is 1. The Hall–Kier alpha value is -1.98. The van der Waals surface area contributed by atoms with Crippen LogP contribution in [0.4, 0.5) is 0 Å². The summed E-state index contributed by atoms with van der Waals surface area (Å²) in [4.78, 5) is 17.1. The van der Waals surface area contributed by atoms with Crippen LogP contribution in [0, 0.1) is 12.8 Å². The summed E-state index contributed by atoms with van der Waals surface area (Å²) in [5, 5.41) is 12.6. The van der Waals surface area contributed by atoms with Crippen LogP contribution < -0.4 is 0 Å². The number of hydrogen-bond acceptors (Lipinski definition) is 4. The van der Waals surface area contributed by atoms with Gasteiger partial charge >= 0.3 is 0 Å². The van der Waals surface area contributed by atoms with E-state index >= 15 is 0 Å². The van der Waals surface area contributed by atoms with E-state index in [1.54, 1.807) is 13.0 Å². The number of azide groups is 1. The van der Waals surface area contributed by atoms with E-state index in [4.69, 9.17) is 15.1 Å². The molecule has 1 amide bonds. The first-order valence-corrected chi connectivity index (χ1v) is 8.16. The van der Waals surface area contributed by atoms with Crippen molar-refractivity contribution in [1.29, 1.82) is 0 Å². The number of aliphatic hydroxyl groups excluding tert-OH is 1. The van der Waals surface area contributed by atoms with Gasteiger partial charge in [-0.1, -0.05) is 18.0 Å². The van der Waals surface area contributed by atoms with Crippen molar-refractivity contribution >= 4 is 5.91 Å². The summed E-state index contributed by atoms with van der Waals surface area (Å²) in [6, 6.07) is 1.64. The lowest BCUT2D eigenvalue weighted by Crippen LogP contribution is -2.38. The minimum atomic E-state index is -0.188. The zero-order valence-corrected chi connectivity index (χ0v) is 13.6. The van der Waals surface area contributed by atoms with Crippen LogP contribution in [0.3, 0.4) is 0 Å². The first-order chi connectivity index (χ1) is 11.2. The highest BCUT2D eigenvalue weighted by atomic mass is 16.4. The van der Waals surface area contributed by atoms with Crippen LogP contribution in [-0.2, 0) is 6.61 Å². The van der Waals surface area contributed by atoms with Gasteiger partial charge in [0, 0.05) is 24.5 Å². The maximum Gasteiger partial charge on any atom is 0.257 e. The van der Waals surface area contributed by atoms with Crippen molar-refractivity contribution in [3.63, 3.8) is 0 Å². The van der Waals surface area contributed by atoms with Gasteiger partial charge in [0.25, 0.3) is 5.91 Å². The third-order valence-electron chi connectivity index (χ3n) is 4.44. The molecule has 0 saturated carbocycles. The Morgan fingerprint density at radius 2 is 2.22 bits per heavy atom. The lowest BCUT2D eigenvalue weighted by Gasteiger charge is -2.32. The minimum Gasteiger partial charge on any atom is -0.463 e. The van der Waals surface area contributed by atoms with E-state index < -0.39 is 0 Å². The van der Waals surface area contributed by atoms with E-state index in [2.05, 4.69) is 10.0 Å². The monoisotopic (exact) mass is 320 g/mol. The molecule has 1 saturated heterocycles. The highest BCUT2D eigenvalue weighted by molar-refractivity contribution is 5.95. The number of piperidine rings is 1.